The Balaban J connectivity index is 3.84. The van der Waals surface area contributed by atoms with E-state index in [-0.39, 0.29) is 5.54 Å². The first-order valence-electron chi connectivity index (χ1n) is 5.84. The van der Waals surface area contributed by atoms with E-state index in [1.807, 2.05) is 0 Å². The Hall–Kier alpha value is -0.120. The number of ether oxygens (including phenoxy) is 1. The van der Waals surface area contributed by atoms with Crippen molar-refractivity contribution in [3.63, 3.8) is 0 Å². The van der Waals surface area contributed by atoms with E-state index in [4.69, 9.17) is 4.74 Å². The highest BCUT2D eigenvalue weighted by molar-refractivity contribution is 4.78. The topological polar surface area (TPSA) is 33.3 Å². The zero-order chi connectivity index (χ0) is 11.9. The maximum atomic E-state index is 5.03. The van der Waals surface area contributed by atoms with Gasteiger partial charge in [-0.05, 0) is 26.7 Å². The van der Waals surface area contributed by atoms with Crippen molar-refractivity contribution in [1.82, 2.24) is 10.6 Å². The second kappa shape index (κ2) is 7.20. The lowest BCUT2D eigenvalue weighted by Gasteiger charge is -2.28. The highest BCUT2D eigenvalue weighted by Crippen LogP contribution is 2.04. The lowest BCUT2D eigenvalue weighted by atomic mass is 10.0. The molecule has 0 bridgehead atoms. The fourth-order valence-electron chi connectivity index (χ4n) is 1.31. The summed E-state index contributed by atoms with van der Waals surface area (Å²) in [4.78, 5) is 0. The van der Waals surface area contributed by atoms with Crippen molar-refractivity contribution in [2.24, 2.45) is 5.92 Å². The number of methoxy groups -OCH3 is 1. The highest BCUT2D eigenvalue weighted by atomic mass is 16.5. The van der Waals surface area contributed by atoms with Crippen molar-refractivity contribution >= 4 is 0 Å². The minimum atomic E-state index is 0.191. The van der Waals surface area contributed by atoms with Crippen LogP contribution in [-0.4, -0.2) is 38.4 Å². The zero-order valence-electron chi connectivity index (χ0n) is 11.2. The van der Waals surface area contributed by atoms with Crippen molar-refractivity contribution in [1.29, 1.82) is 0 Å². The summed E-state index contributed by atoms with van der Waals surface area (Å²) in [6, 6.07) is 0.513. The van der Waals surface area contributed by atoms with Crippen LogP contribution in [0.15, 0.2) is 0 Å². The van der Waals surface area contributed by atoms with Crippen molar-refractivity contribution < 1.29 is 4.74 Å². The van der Waals surface area contributed by atoms with Crippen LogP contribution in [0.1, 0.15) is 34.6 Å². The van der Waals surface area contributed by atoms with Crippen LogP contribution in [0.3, 0.4) is 0 Å². The molecule has 0 amide bonds. The van der Waals surface area contributed by atoms with Crippen LogP contribution < -0.4 is 10.6 Å². The molecule has 0 rings (SSSR count). The normalized spacial score (nSPS) is 14.6. The van der Waals surface area contributed by atoms with Gasteiger partial charge in [-0.15, -0.1) is 0 Å². The standard InChI is InChI=1S/C12H28N2O/c1-10(2)11(13-7-8-15-6)9-14-12(3,4)5/h10-11,13-14H,7-9H2,1-6H3. The van der Waals surface area contributed by atoms with E-state index in [9.17, 15) is 0 Å². The van der Waals surface area contributed by atoms with E-state index < -0.39 is 0 Å². The third kappa shape index (κ3) is 8.85. The van der Waals surface area contributed by atoms with Crippen molar-refractivity contribution in [2.75, 3.05) is 26.8 Å². The Morgan fingerprint density at radius 3 is 2.20 bits per heavy atom. The summed E-state index contributed by atoms with van der Waals surface area (Å²) < 4.78 is 5.03. The van der Waals surface area contributed by atoms with Gasteiger partial charge in [-0.25, -0.2) is 0 Å². The minimum absolute atomic E-state index is 0.191. The average molecular weight is 216 g/mol. The molecule has 92 valence electrons. The summed E-state index contributed by atoms with van der Waals surface area (Å²) in [5, 5.41) is 7.03. The van der Waals surface area contributed by atoms with Crippen molar-refractivity contribution in [2.45, 2.75) is 46.2 Å². The molecule has 0 saturated carbocycles. The van der Waals surface area contributed by atoms with E-state index in [1.54, 1.807) is 7.11 Å². The van der Waals surface area contributed by atoms with Crippen LogP contribution in [0, 0.1) is 5.92 Å². The van der Waals surface area contributed by atoms with E-state index >= 15 is 0 Å². The van der Waals surface area contributed by atoms with Gasteiger partial charge in [0.2, 0.25) is 0 Å². The van der Waals surface area contributed by atoms with Gasteiger partial charge in [0, 0.05) is 31.8 Å². The molecule has 1 atom stereocenters. The number of hydrogen-bond acceptors (Lipinski definition) is 3. The minimum Gasteiger partial charge on any atom is -0.383 e. The van der Waals surface area contributed by atoms with Crippen molar-refractivity contribution in [3.05, 3.63) is 0 Å². The Morgan fingerprint density at radius 2 is 1.80 bits per heavy atom. The van der Waals surface area contributed by atoms with Crippen LogP contribution in [0.2, 0.25) is 0 Å². The SMILES string of the molecule is COCCNC(CNC(C)(C)C)C(C)C. The van der Waals surface area contributed by atoms with Gasteiger partial charge >= 0.3 is 0 Å². The molecule has 3 nitrogen and oxygen atoms in total. The number of rotatable bonds is 7. The molecule has 1 unspecified atom stereocenters. The van der Waals surface area contributed by atoms with E-state index in [2.05, 4.69) is 45.3 Å². The molecule has 0 saturated heterocycles. The fraction of sp³-hybridized carbons (Fsp3) is 1.00. The van der Waals surface area contributed by atoms with Gasteiger partial charge in [0.15, 0.2) is 0 Å². The first-order chi connectivity index (χ1) is 6.87. The summed E-state index contributed by atoms with van der Waals surface area (Å²) in [7, 11) is 1.74. The molecule has 15 heavy (non-hydrogen) atoms. The maximum absolute atomic E-state index is 5.03. The second-order valence-corrected chi connectivity index (χ2v) is 5.43. The van der Waals surface area contributed by atoms with Crippen LogP contribution in [0.4, 0.5) is 0 Å². The lowest BCUT2D eigenvalue weighted by molar-refractivity contribution is 0.190. The first kappa shape index (κ1) is 14.9. The average Bonchev–Trinajstić information content (AvgIpc) is 2.08. The lowest BCUT2D eigenvalue weighted by Crippen LogP contribution is -2.48. The predicted octanol–water partition coefficient (Wildman–Crippen LogP) is 1.64. The summed E-state index contributed by atoms with van der Waals surface area (Å²) in [5.41, 5.74) is 0.191. The monoisotopic (exact) mass is 216 g/mol. The van der Waals surface area contributed by atoms with Crippen LogP contribution in [0.25, 0.3) is 0 Å². The molecule has 0 spiro atoms. The zero-order valence-corrected chi connectivity index (χ0v) is 11.2. The van der Waals surface area contributed by atoms with Gasteiger partial charge in [-0.1, -0.05) is 13.8 Å². The smallest absolute Gasteiger partial charge is 0.0587 e. The molecule has 0 aromatic heterocycles. The molecule has 0 heterocycles. The van der Waals surface area contributed by atoms with Gasteiger partial charge in [0.25, 0.3) is 0 Å². The largest absolute Gasteiger partial charge is 0.383 e. The highest BCUT2D eigenvalue weighted by Gasteiger charge is 2.16. The molecule has 0 radical (unpaired) electrons. The fourth-order valence-corrected chi connectivity index (χ4v) is 1.31. The van der Waals surface area contributed by atoms with Crippen LogP contribution in [-0.2, 0) is 4.74 Å². The quantitative estimate of drug-likeness (QED) is 0.635. The predicted molar refractivity (Wildman–Crippen MR) is 66.3 cm³/mol. The summed E-state index contributed by atoms with van der Waals surface area (Å²) in [6.07, 6.45) is 0. The van der Waals surface area contributed by atoms with Crippen LogP contribution >= 0.6 is 0 Å². The van der Waals surface area contributed by atoms with Crippen LogP contribution in [0.5, 0.6) is 0 Å². The third-order valence-corrected chi connectivity index (χ3v) is 2.37. The Bertz CT molecular complexity index is 152. The maximum Gasteiger partial charge on any atom is 0.0587 e. The molecule has 0 aliphatic rings. The number of nitrogens with one attached hydrogen (secondary N) is 2. The first-order valence-corrected chi connectivity index (χ1v) is 5.84. The molecular weight excluding hydrogens is 188 g/mol. The van der Waals surface area contributed by atoms with Gasteiger partial charge in [-0.3, -0.25) is 0 Å². The molecule has 0 aliphatic heterocycles. The second-order valence-electron chi connectivity index (χ2n) is 5.43. The van der Waals surface area contributed by atoms with Gasteiger partial charge < -0.3 is 15.4 Å². The van der Waals surface area contributed by atoms with Gasteiger partial charge in [0.1, 0.15) is 0 Å². The molecule has 0 fully saturated rings. The summed E-state index contributed by atoms with van der Waals surface area (Å²) in [6.45, 7) is 13.8. The summed E-state index contributed by atoms with van der Waals surface area (Å²) >= 11 is 0. The van der Waals surface area contributed by atoms with E-state index in [1.165, 1.54) is 0 Å². The Morgan fingerprint density at radius 1 is 1.20 bits per heavy atom. The van der Waals surface area contributed by atoms with Gasteiger partial charge in [0.05, 0.1) is 6.61 Å². The molecule has 3 heteroatoms. The number of hydrogen-bond donors (Lipinski definition) is 2. The molecule has 0 aromatic rings. The molecular formula is C12H28N2O. The molecule has 2 N–H and O–H groups in total. The van der Waals surface area contributed by atoms with E-state index in [0.29, 0.717) is 12.0 Å². The Kier molecular flexibility index (Phi) is 7.14. The van der Waals surface area contributed by atoms with E-state index in [0.717, 1.165) is 19.7 Å². The molecule has 0 aliphatic carbocycles. The van der Waals surface area contributed by atoms with Crippen molar-refractivity contribution in [3.8, 4) is 0 Å². The third-order valence-electron chi connectivity index (χ3n) is 2.37. The van der Waals surface area contributed by atoms with Gasteiger partial charge in [-0.2, -0.15) is 0 Å². The Labute approximate surface area is 95.0 Å². The summed E-state index contributed by atoms with van der Waals surface area (Å²) in [5.74, 6) is 0.636. The molecule has 0 aromatic carbocycles.